The number of alkyl halides is 3. The molecule has 0 amide bonds. The molecule has 0 radical (unpaired) electrons. The number of nitrogens with zero attached hydrogens (tertiary/aromatic N) is 2. The van der Waals surface area contributed by atoms with E-state index < -0.39 is 11.9 Å². The zero-order chi connectivity index (χ0) is 16.3. The van der Waals surface area contributed by atoms with E-state index in [-0.39, 0.29) is 17.9 Å². The van der Waals surface area contributed by atoms with E-state index in [0.29, 0.717) is 17.9 Å². The molecule has 0 bridgehead atoms. The van der Waals surface area contributed by atoms with Crippen molar-refractivity contribution in [1.29, 1.82) is 0 Å². The SMILES string of the molecule is CCCC(=O)c1cc(C(F)(F)F)nn1-c1ccc(OC)cc1. The molecule has 0 aliphatic heterocycles. The van der Waals surface area contributed by atoms with Gasteiger partial charge in [-0.3, -0.25) is 4.79 Å². The van der Waals surface area contributed by atoms with Crippen LogP contribution in [0.2, 0.25) is 0 Å². The standard InChI is InChI=1S/C15H15F3N2O2/c1-3-4-13(21)12-9-14(15(16,17)18)19-20(12)10-5-7-11(22-2)8-6-10/h5-9H,3-4H2,1-2H3. The van der Waals surface area contributed by atoms with E-state index in [2.05, 4.69) is 5.10 Å². The highest BCUT2D eigenvalue weighted by Gasteiger charge is 2.36. The molecule has 0 atom stereocenters. The minimum absolute atomic E-state index is 0.0701. The topological polar surface area (TPSA) is 44.1 Å². The van der Waals surface area contributed by atoms with Crippen LogP contribution in [-0.4, -0.2) is 22.7 Å². The minimum Gasteiger partial charge on any atom is -0.497 e. The van der Waals surface area contributed by atoms with Gasteiger partial charge in [-0.05, 0) is 30.7 Å². The third kappa shape index (κ3) is 3.29. The van der Waals surface area contributed by atoms with Gasteiger partial charge in [0.05, 0.1) is 12.8 Å². The van der Waals surface area contributed by atoms with Crippen LogP contribution < -0.4 is 4.74 Å². The predicted molar refractivity (Wildman–Crippen MR) is 74.4 cm³/mol. The van der Waals surface area contributed by atoms with Gasteiger partial charge in [0.1, 0.15) is 11.4 Å². The van der Waals surface area contributed by atoms with Crippen molar-refractivity contribution < 1.29 is 22.7 Å². The number of ether oxygens (including phenoxy) is 1. The molecule has 4 nitrogen and oxygen atoms in total. The van der Waals surface area contributed by atoms with E-state index in [0.717, 1.165) is 10.7 Å². The van der Waals surface area contributed by atoms with E-state index >= 15 is 0 Å². The van der Waals surface area contributed by atoms with Gasteiger partial charge in [0, 0.05) is 12.5 Å². The Morgan fingerprint density at radius 1 is 1.27 bits per heavy atom. The maximum Gasteiger partial charge on any atom is 0.435 e. The van der Waals surface area contributed by atoms with Crippen molar-refractivity contribution in [2.24, 2.45) is 0 Å². The number of hydrogen-bond donors (Lipinski definition) is 0. The summed E-state index contributed by atoms with van der Waals surface area (Å²) < 4.78 is 44.6. The molecule has 0 spiro atoms. The number of aromatic nitrogens is 2. The lowest BCUT2D eigenvalue weighted by molar-refractivity contribution is -0.141. The molecule has 7 heteroatoms. The van der Waals surface area contributed by atoms with Crippen LogP contribution in [0.5, 0.6) is 5.75 Å². The van der Waals surface area contributed by atoms with Gasteiger partial charge >= 0.3 is 6.18 Å². The summed E-state index contributed by atoms with van der Waals surface area (Å²) in [5, 5.41) is 3.54. The van der Waals surface area contributed by atoms with Gasteiger partial charge in [0.15, 0.2) is 11.5 Å². The first-order valence-electron chi connectivity index (χ1n) is 6.71. The highest BCUT2D eigenvalue weighted by atomic mass is 19.4. The van der Waals surface area contributed by atoms with Crippen LogP contribution in [0.1, 0.15) is 35.9 Å². The van der Waals surface area contributed by atoms with Gasteiger partial charge < -0.3 is 4.74 Å². The minimum atomic E-state index is -4.60. The number of hydrogen-bond acceptors (Lipinski definition) is 3. The number of halogens is 3. The van der Waals surface area contributed by atoms with Gasteiger partial charge in [-0.25, -0.2) is 4.68 Å². The molecule has 118 valence electrons. The fourth-order valence-electron chi connectivity index (χ4n) is 1.99. The van der Waals surface area contributed by atoms with Gasteiger partial charge in [-0.2, -0.15) is 18.3 Å². The Morgan fingerprint density at radius 2 is 1.91 bits per heavy atom. The van der Waals surface area contributed by atoms with Gasteiger partial charge in [0.2, 0.25) is 0 Å². The molecule has 0 unspecified atom stereocenters. The van der Waals surface area contributed by atoms with Gasteiger partial charge in [-0.15, -0.1) is 0 Å². The van der Waals surface area contributed by atoms with Crippen LogP contribution in [0.4, 0.5) is 13.2 Å². The van der Waals surface area contributed by atoms with Gasteiger partial charge in [-0.1, -0.05) is 6.92 Å². The summed E-state index contributed by atoms with van der Waals surface area (Å²) >= 11 is 0. The Bertz CT molecular complexity index is 660. The summed E-state index contributed by atoms with van der Waals surface area (Å²) in [7, 11) is 1.49. The largest absolute Gasteiger partial charge is 0.497 e. The monoisotopic (exact) mass is 312 g/mol. The lowest BCUT2D eigenvalue weighted by Crippen LogP contribution is -2.09. The summed E-state index contributed by atoms with van der Waals surface area (Å²) in [6.07, 6.45) is -3.88. The van der Waals surface area contributed by atoms with Crippen molar-refractivity contribution >= 4 is 5.78 Å². The molecule has 2 rings (SSSR count). The summed E-state index contributed by atoms with van der Waals surface area (Å²) in [6, 6.07) is 7.09. The lowest BCUT2D eigenvalue weighted by atomic mass is 10.1. The van der Waals surface area contributed by atoms with E-state index in [4.69, 9.17) is 4.74 Å². The number of methoxy groups -OCH3 is 1. The second-order valence-electron chi connectivity index (χ2n) is 4.70. The lowest BCUT2D eigenvalue weighted by Gasteiger charge is -2.07. The number of benzene rings is 1. The summed E-state index contributed by atoms with van der Waals surface area (Å²) in [6.45, 7) is 1.79. The molecular formula is C15H15F3N2O2. The molecular weight excluding hydrogens is 297 g/mol. The summed E-state index contributed by atoms with van der Waals surface area (Å²) in [5.41, 5.74) is -0.780. The van der Waals surface area contributed by atoms with Crippen LogP contribution in [0.15, 0.2) is 30.3 Å². The van der Waals surface area contributed by atoms with Crippen LogP contribution in [0, 0.1) is 0 Å². The highest BCUT2D eigenvalue weighted by Crippen LogP contribution is 2.30. The molecule has 0 aliphatic carbocycles. The van der Waals surface area contributed by atoms with E-state index in [1.807, 2.05) is 0 Å². The van der Waals surface area contributed by atoms with Crippen LogP contribution >= 0.6 is 0 Å². The van der Waals surface area contributed by atoms with E-state index in [1.54, 1.807) is 31.2 Å². The maximum absolute atomic E-state index is 12.9. The Labute approximate surface area is 125 Å². The normalized spacial score (nSPS) is 11.5. The van der Waals surface area contributed by atoms with Crippen LogP contribution in [-0.2, 0) is 6.18 Å². The second kappa shape index (κ2) is 6.21. The van der Waals surface area contributed by atoms with Crippen LogP contribution in [0.25, 0.3) is 5.69 Å². The number of rotatable bonds is 5. The molecule has 1 aromatic carbocycles. The Morgan fingerprint density at radius 3 is 2.41 bits per heavy atom. The fourth-order valence-corrected chi connectivity index (χ4v) is 1.99. The van der Waals surface area contributed by atoms with Crippen molar-refractivity contribution in [1.82, 2.24) is 9.78 Å². The van der Waals surface area contributed by atoms with E-state index in [9.17, 15) is 18.0 Å². The second-order valence-corrected chi connectivity index (χ2v) is 4.70. The Kier molecular flexibility index (Phi) is 4.54. The number of carbonyl (C=O) groups is 1. The number of carbonyl (C=O) groups excluding carboxylic acids is 1. The number of Topliss-reactive ketones (excluding diaryl/α,β-unsaturated/α-hetero) is 1. The first-order valence-corrected chi connectivity index (χ1v) is 6.71. The van der Waals surface area contributed by atoms with Gasteiger partial charge in [0.25, 0.3) is 0 Å². The van der Waals surface area contributed by atoms with Crippen molar-refractivity contribution in [3.63, 3.8) is 0 Å². The molecule has 2 aromatic rings. The molecule has 1 aromatic heterocycles. The van der Waals surface area contributed by atoms with Crippen molar-refractivity contribution in [3.05, 3.63) is 41.7 Å². The first-order chi connectivity index (χ1) is 10.4. The number of ketones is 1. The van der Waals surface area contributed by atoms with E-state index in [1.165, 1.54) is 7.11 Å². The average molecular weight is 312 g/mol. The molecule has 0 saturated heterocycles. The molecule has 0 fully saturated rings. The third-order valence-electron chi connectivity index (χ3n) is 3.08. The molecule has 0 aliphatic rings. The molecule has 22 heavy (non-hydrogen) atoms. The predicted octanol–water partition coefficient (Wildman–Crippen LogP) is 3.88. The van der Waals surface area contributed by atoms with Crippen molar-refractivity contribution in [2.75, 3.05) is 7.11 Å². The maximum atomic E-state index is 12.9. The third-order valence-corrected chi connectivity index (χ3v) is 3.08. The molecule has 0 saturated carbocycles. The fraction of sp³-hybridized carbons (Fsp3) is 0.333. The smallest absolute Gasteiger partial charge is 0.435 e. The summed E-state index contributed by atoms with van der Waals surface area (Å²) in [5.74, 6) is 0.190. The zero-order valence-electron chi connectivity index (χ0n) is 12.1. The van der Waals surface area contributed by atoms with Crippen LogP contribution in [0.3, 0.4) is 0 Å². The van der Waals surface area contributed by atoms with Crippen molar-refractivity contribution in [3.8, 4) is 11.4 Å². The quantitative estimate of drug-likeness (QED) is 0.787. The molecule has 1 heterocycles. The zero-order valence-corrected chi connectivity index (χ0v) is 12.1. The Hall–Kier alpha value is -2.31. The van der Waals surface area contributed by atoms with Crippen molar-refractivity contribution in [2.45, 2.75) is 25.9 Å². The Balaban J connectivity index is 2.51. The average Bonchev–Trinajstić information content (AvgIpc) is 2.93. The molecule has 0 N–H and O–H groups in total. The summed E-state index contributed by atoms with van der Waals surface area (Å²) in [4.78, 5) is 12.0. The first kappa shape index (κ1) is 16.1. The highest BCUT2D eigenvalue weighted by molar-refractivity contribution is 5.95.